The normalized spacial score (nSPS) is 20.7. The van der Waals surface area contributed by atoms with Crippen molar-refractivity contribution in [3.8, 4) is 11.3 Å². The molecule has 1 fully saturated rings. The Labute approximate surface area is 183 Å². The molecule has 1 aliphatic rings. The zero-order valence-electron chi connectivity index (χ0n) is 17.5. The van der Waals surface area contributed by atoms with Gasteiger partial charge in [0.1, 0.15) is 28.8 Å². The van der Waals surface area contributed by atoms with Crippen LogP contribution < -0.4 is 11.1 Å². The number of anilines is 1. The quantitative estimate of drug-likeness (QED) is 0.595. The summed E-state index contributed by atoms with van der Waals surface area (Å²) in [4.78, 5) is 20.9. The van der Waals surface area contributed by atoms with Gasteiger partial charge >= 0.3 is 0 Å². The van der Waals surface area contributed by atoms with Gasteiger partial charge in [-0.3, -0.25) is 9.78 Å². The lowest BCUT2D eigenvalue weighted by Gasteiger charge is -2.32. The predicted octanol–water partition coefficient (Wildman–Crippen LogP) is 5.04. The molecular formula is C24H23F3N4O. The predicted molar refractivity (Wildman–Crippen MR) is 115 cm³/mol. The van der Waals surface area contributed by atoms with Crippen molar-refractivity contribution >= 4 is 11.6 Å². The second-order valence-corrected chi connectivity index (χ2v) is 8.31. The summed E-state index contributed by atoms with van der Waals surface area (Å²) in [6.07, 6.45) is 5.89. The molecule has 0 spiro atoms. The number of benzene rings is 1. The molecule has 8 heteroatoms. The van der Waals surface area contributed by atoms with Crippen LogP contribution in [0.5, 0.6) is 0 Å². The molecule has 4 rings (SSSR count). The smallest absolute Gasteiger partial charge is 0.274 e. The van der Waals surface area contributed by atoms with E-state index in [0.29, 0.717) is 11.6 Å². The number of carbonyl (C=O) groups excluding carboxylic acids is 1. The lowest BCUT2D eigenvalue weighted by molar-refractivity contribution is 0.102. The molecule has 3 aromatic rings. The van der Waals surface area contributed by atoms with Gasteiger partial charge in [0, 0.05) is 12.2 Å². The molecule has 2 aromatic heterocycles. The molecule has 0 radical (unpaired) electrons. The van der Waals surface area contributed by atoms with Crippen LogP contribution in [-0.4, -0.2) is 21.9 Å². The molecule has 1 aliphatic carbocycles. The molecule has 1 aromatic carbocycles. The molecule has 1 saturated carbocycles. The van der Waals surface area contributed by atoms with E-state index in [1.807, 2.05) is 6.07 Å². The minimum absolute atomic E-state index is 0.0810. The minimum Gasteiger partial charge on any atom is -0.328 e. The second-order valence-electron chi connectivity index (χ2n) is 8.31. The van der Waals surface area contributed by atoms with Gasteiger partial charge < -0.3 is 11.1 Å². The summed E-state index contributed by atoms with van der Waals surface area (Å²) in [7, 11) is 0. The van der Waals surface area contributed by atoms with Gasteiger partial charge in [-0.1, -0.05) is 13.0 Å². The third-order valence-corrected chi connectivity index (χ3v) is 5.80. The zero-order chi connectivity index (χ0) is 22.8. The Morgan fingerprint density at radius 1 is 1.03 bits per heavy atom. The molecule has 0 aliphatic heterocycles. The Bertz CT molecular complexity index is 1120. The third-order valence-electron chi connectivity index (χ3n) is 5.80. The molecule has 3 atom stereocenters. The summed E-state index contributed by atoms with van der Waals surface area (Å²) in [5, 5.41) is 2.77. The number of pyridine rings is 2. The molecule has 1 amide bonds. The number of hydrogen-bond donors (Lipinski definition) is 2. The van der Waals surface area contributed by atoms with Gasteiger partial charge in [-0.25, -0.2) is 18.2 Å². The number of aromatic nitrogens is 2. The fraction of sp³-hybridized carbons (Fsp3) is 0.292. The fourth-order valence-electron chi connectivity index (χ4n) is 4.43. The maximum Gasteiger partial charge on any atom is 0.274 e. The van der Waals surface area contributed by atoms with E-state index in [2.05, 4.69) is 22.2 Å². The molecule has 166 valence electrons. The summed E-state index contributed by atoms with van der Waals surface area (Å²) in [5.41, 5.74) is 6.26. The standard InChI is InChI=1S/C24H23F3N4O/c1-13-9-14(11-15(28)10-13)16-7-8-29-12-21(16)31-24(32)20-6-5-19(27)23(30-20)22-17(25)3-2-4-18(22)26/h2-8,12-15H,9-11,28H2,1H3,(H,31,32)/t13?,14-,15?/m1/s1. The first kappa shape index (κ1) is 22.0. The first-order valence-electron chi connectivity index (χ1n) is 10.4. The van der Waals surface area contributed by atoms with Crippen molar-refractivity contribution < 1.29 is 18.0 Å². The molecule has 0 saturated heterocycles. The van der Waals surface area contributed by atoms with Crippen LogP contribution in [0.1, 0.15) is 48.2 Å². The van der Waals surface area contributed by atoms with E-state index in [-0.39, 0.29) is 17.7 Å². The van der Waals surface area contributed by atoms with Crippen molar-refractivity contribution in [2.45, 2.75) is 38.1 Å². The monoisotopic (exact) mass is 440 g/mol. The number of rotatable bonds is 4. The van der Waals surface area contributed by atoms with Crippen LogP contribution in [0.3, 0.4) is 0 Å². The van der Waals surface area contributed by atoms with Crippen LogP contribution in [0, 0.1) is 23.4 Å². The van der Waals surface area contributed by atoms with Gasteiger partial charge in [-0.15, -0.1) is 0 Å². The summed E-state index contributed by atoms with van der Waals surface area (Å²) in [5.74, 6) is -2.88. The molecular weight excluding hydrogens is 417 g/mol. The van der Waals surface area contributed by atoms with Crippen molar-refractivity contribution in [1.82, 2.24) is 9.97 Å². The van der Waals surface area contributed by atoms with Gasteiger partial charge in [0.15, 0.2) is 0 Å². The van der Waals surface area contributed by atoms with Gasteiger partial charge in [-0.2, -0.15) is 0 Å². The molecule has 3 N–H and O–H groups in total. The van der Waals surface area contributed by atoms with Crippen molar-refractivity contribution in [3.63, 3.8) is 0 Å². The van der Waals surface area contributed by atoms with Crippen molar-refractivity contribution in [2.75, 3.05) is 5.32 Å². The Kier molecular flexibility index (Phi) is 6.23. The van der Waals surface area contributed by atoms with Crippen molar-refractivity contribution in [1.29, 1.82) is 0 Å². The summed E-state index contributed by atoms with van der Waals surface area (Å²) >= 11 is 0. The highest BCUT2D eigenvalue weighted by Gasteiger charge is 2.28. The number of amides is 1. The first-order valence-corrected chi connectivity index (χ1v) is 10.4. The van der Waals surface area contributed by atoms with Crippen LogP contribution in [0.4, 0.5) is 18.9 Å². The minimum atomic E-state index is -0.966. The van der Waals surface area contributed by atoms with Crippen LogP contribution in [0.2, 0.25) is 0 Å². The Morgan fingerprint density at radius 2 is 1.78 bits per heavy atom. The maximum absolute atomic E-state index is 14.3. The number of carbonyl (C=O) groups is 1. The fourth-order valence-corrected chi connectivity index (χ4v) is 4.43. The SMILES string of the molecule is CC1CC(N)C[C@H](c2ccncc2NC(=O)c2ccc(F)c(-c3c(F)cccc3F)n2)C1. The van der Waals surface area contributed by atoms with E-state index in [1.54, 1.807) is 12.4 Å². The zero-order valence-corrected chi connectivity index (χ0v) is 17.5. The summed E-state index contributed by atoms with van der Waals surface area (Å²) in [6, 6.07) is 7.25. The number of halogens is 3. The van der Waals surface area contributed by atoms with E-state index in [0.717, 1.165) is 43.0 Å². The first-order chi connectivity index (χ1) is 15.3. The van der Waals surface area contributed by atoms with Gasteiger partial charge in [0.25, 0.3) is 5.91 Å². The van der Waals surface area contributed by atoms with Gasteiger partial charge in [0.2, 0.25) is 0 Å². The summed E-state index contributed by atoms with van der Waals surface area (Å²) < 4.78 is 42.6. The van der Waals surface area contributed by atoms with Crippen LogP contribution in [0.25, 0.3) is 11.3 Å². The highest BCUT2D eigenvalue weighted by atomic mass is 19.1. The Morgan fingerprint density at radius 3 is 2.50 bits per heavy atom. The number of hydrogen-bond acceptors (Lipinski definition) is 4. The van der Waals surface area contributed by atoms with Crippen molar-refractivity contribution in [2.24, 2.45) is 11.7 Å². The summed E-state index contributed by atoms with van der Waals surface area (Å²) in [6.45, 7) is 2.15. The highest BCUT2D eigenvalue weighted by Crippen LogP contribution is 2.38. The Hall–Kier alpha value is -3.26. The number of nitrogens with one attached hydrogen (secondary N) is 1. The molecule has 5 nitrogen and oxygen atoms in total. The molecule has 0 bridgehead atoms. The van der Waals surface area contributed by atoms with Gasteiger partial charge in [-0.05, 0) is 67.0 Å². The Balaban J connectivity index is 1.64. The molecule has 32 heavy (non-hydrogen) atoms. The van der Waals surface area contributed by atoms with E-state index >= 15 is 0 Å². The van der Waals surface area contributed by atoms with Crippen LogP contribution in [-0.2, 0) is 0 Å². The lowest BCUT2D eigenvalue weighted by atomic mass is 9.76. The molecule has 2 heterocycles. The largest absolute Gasteiger partial charge is 0.328 e. The van der Waals surface area contributed by atoms with E-state index in [1.165, 1.54) is 12.1 Å². The highest BCUT2D eigenvalue weighted by molar-refractivity contribution is 6.03. The maximum atomic E-state index is 14.3. The average molecular weight is 440 g/mol. The van der Waals surface area contributed by atoms with E-state index in [9.17, 15) is 18.0 Å². The van der Waals surface area contributed by atoms with Crippen LogP contribution >= 0.6 is 0 Å². The number of nitrogens with zero attached hydrogens (tertiary/aromatic N) is 2. The van der Waals surface area contributed by atoms with E-state index in [4.69, 9.17) is 5.73 Å². The van der Waals surface area contributed by atoms with Crippen LogP contribution in [0.15, 0.2) is 48.8 Å². The van der Waals surface area contributed by atoms with Gasteiger partial charge in [0.05, 0.1) is 17.4 Å². The number of nitrogens with two attached hydrogens (primary N) is 1. The van der Waals surface area contributed by atoms with Crippen molar-refractivity contribution in [3.05, 3.63) is 77.5 Å². The lowest BCUT2D eigenvalue weighted by Crippen LogP contribution is -2.31. The topological polar surface area (TPSA) is 80.9 Å². The average Bonchev–Trinajstić information content (AvgIpc) is 2.74. The van der Waals surface area contributed by atoms with E-state index < -0.39 is 34.6 Å². The second kappa shape index (κ2) is 9.08. The third kappa shape index (κ3) is 4.50. The molecule has 2 unspecified atom stereocenters.